The van der Waals surface area contributed by atoms with Crippen LogP contribution in [0.4, 0.5) is 11.4 Å². The zero-order chi connectivity index (χ0) is 24.4. The SMILES string of the molecule is COCCNc1ccc([N+](=O)[O-])cc1C(=O)OCC(=O)NCC1(N2CCOCC2)CCCCC1. The second-order valence-electron chi connectivity index (χ2n) is 8.64. The number of hydrogen-bond acceptors (Lipinski definition) is 9. The summed E-state index contributed by atoms with van der Waals surface area (Å²) in [6.45, 7) is 3.89. The minimum atomic E-state index is -0.806. The zero-order valence-electron chi connectivity index (χ0n) is 19.7. The van der Waals surface area contributed by atoms with E-state index in [4.69, 9.17) is 14.2 Å². The number of hydrogen-bond donors (Lipinski definition) is 2. The van der Waals surface area contributed by atoms with Gasteiger partial charge < -0.3 is 24.8 Å². The normalized spacial score (nSPS) is 18.1. The molecule has 1 aliphatic carbocycles. The first-order valence-electron chi connectivity index (χ1n) is 11.7. The minimum Gasteiger partial charge on any atom is -0.452 e. The number of benzene rings is 1. The quantitative estimate of drug-likeness (QED) is 0.212. The first kappa shape index (κ1) is 25.9. The molecule has 0 bridgehead atoms. The summed E-state index contributed by atoms with van der Waals surface area (Å²) in [7, 11) is 1.54. The van der Waals surface area contributed by atoms with Gasteiger partial charge in [0, 0.05) is 56.6 Å². The lowest BCUT2D eigenvalue weighted by Crippen LogP contribution is -2.59. The average Bonchev–Trinajstić information content (AvgIpc) is 2.87. The molecule has 1 saturated heterocycles. The van der Waals surface area contributed by atoms with Crippen molar-refractivity contribution in [2.24, 2.45) is 0 Å². The molecular weight excluding hydrogens is 444 g/mol. The fraction of sp³-hybridized carbons (Fsp3) is 0.652. The van der Waals surface area contributed by atoms with E-state index < -0.39 is 23.4 Å². The maximum Gasteiger partial charge on any atom is 0.341 e. The van der Waals surface area contributed by atoms with E-state index in [1.807, 2.05) is 0 Å². The summed E-state index contributed by atoms with van der Waals surface area (Å²) in [4.78, 5) is 38.2. The molecule has 11 nitrogen and oxygen atoms in total. The topological polar surface area (TPSA) is 132 Å². The van der Waals surface area contributed by atoms with Gasteiger partial charge in [-0.2, -0.15) is 0 Å². The van der Waals surface area contributed by atoms with E-state index in [-0.39, 0.29) is 16.8 Å². The molecule has 0 radical (unpaired) electrons. The largest absolute Gasteiger partial charge is 0.452 e. The van der Waals surface area contributed by atoms with Gasteiger partial charge >= 0.3 is 5.97 Å². The monoisotopic (exact) mass is 478 g/mol. The van der Waals surface area contributed by atoms with E-state index in [2.05, 4.69) is 15.5 Å². The highest BCUT2D eigenvalue weighted by Gasteiger charge is 2.38. The van der Waals surface area contributed by atoms with Crippen LogP contribution >= 0.6 is 0 Å². The summed E-state index contributed by atoms with van der Waals surface area (Å²) >= 11 is 0. The van der Waals surface area contributed by atoms with Crippen molar-refractivity contribution in [3.63, 3.8) is 0 Å². The lowest BCUT2D eigenvalue weighted by Gasteiger charge is -2.48. The highest BCUT2D eigenvalue weighted by Crippen LogP contribution is 2.34. The second kappa shape index (κ2) is 12.6. The lowest BCUT2D eigenvalue weighted by atomic mass is 9.79. The Bertz CT molecular complexity index is 852. The van der Waals surface area contributed by atoms with Crippen molar-refractivity contribution in [1.29, 1.82) is 0 Å². The van der Waals surface area contributed by atoms with Crippen LogP contribution in [0, 0.1) is 10.1 Å². The number of nitrogens with one attached hydrogen (secondary N) is 2. The Balaban J connectivity index is 1.58. The highest BCUT2D eigenvalue weighted by molar-refractivity contribution is 5.97. The predicted molar refractivity (Wildman–Crippen MR) is 125 cm³/mol. The van der Waals surface area contributed by atoms with Gasteiger partial charge in [-0.3, -0.25) is 19.8 Å². The molecule has 0 aromatic heterocycles. The third-order valence-electron chi connectivity index (χ3n) is 6.47. The van der Waals surface area contributed by atoms with Gasteiger partial charge in [0.05, 0.1) is 30.3 Å². The van der Waals surface area contributed by atoms with Crippen molar-refractivity contribution in [3.05, 3.63) is 33.9 Å². The molecule has 2 fully saturated rings. The molecule has 1 saturated carbocycles. The fourth-order valence-corrected chi connectivity index (χ4v) is 4.63. The van der Waals surface area contributed by atoms with Crippen LogP contribution in [0.5, 0.6) is 0 Å². The van der Waals surface area contributed by atoms with E-state index in [9.17, 15) is 19.7 Å². The van der Waals surface area contributed by atoms with Crippen LogP contribution < -0.4 is 10.6 Å². The summed E-state index contributed by atoms with van der Waals surface area (Å²) < 4.78 is 15.7. The number of methoxy groups -OCH3 is 1. The Labute approximate surface area is 199 Å². The Morgan fingerprint density at radius 1 is 1.21 bits per heavy atom. The molecule has 1 amide bonds. The van der Waals surface area contributed by atoms with E-state index >= 15 is 0 Å². The van der Waals surface area contributed by atoms with E-state index in [1.54, 1.807) is 7.11 Å². The molecule has 2 aliphatic rings. The fourth-order valence-electron chi connectivity index (χ4n) is 4.63. The second-order valence-corrected chi connectivity index (χ2v) is 8.64. The van der Waals surface area contributed by atoms with Crippen molar-refractivity contribution >= 4 is 23.3 Å². The number of nitrogens with zero attached hydrogens (tertiary/aromatic N) is 2. The van der Waals surface area contributed by atoms with E-state index in [0.717, 1.165) is 44.8 Å². The van der Waals surface area contributed by atoms with Crippen LogP contribution in [-0.4, -0.2) is 87.0 Å². The van der Waals surface area contributed by atoms with Gasteiger partial charge in [-0.25, -0.2) is 4.79 Å². The van der Waals surface area contributed by atoms with Gasteiger partial charge in [-0.05, 0) is 18.9 Å². The molecule has 1 aromatic rings. The number of anilines is 1. The van der Waals surface area contributed by atoms with Crippen LogP contribution in [0.1, 0.15) is 42.5 Å². The molecule has 0 atom stereocenters. The molecular formula is C23H34N4O7. The number of nitro groups is 1. The molecule has 11 heteroatoms. The third kappa shape index (κ3) is 6.87. The molecule has 188 valence electrons. The summed E-state index contributed by atoms with van der Waals surface area (Å²) in [6.07, 6.45) is 5.46. The van der Waals surface area contributed by atoms with Crippen LogP contribution in [0.2, 0.25) is 0 Å². The van der Waals surface area contributed by atoms with Gasteiger partial charge in [0.2, 0.25) is 0 Å². The minimum absolute atomic E-state index is 0.00447. The maximum absolute atomic E-state index is 12.7. The molecule has 3 rings (SSSR count). The highest BCUT2D eigenvalue weighted by atomic mass is 16.6. The van der Waals surface area contributed by atoms with Gasteiger partial charge in [0.15, 0.2) is 6.61 Å². The van der Waals surface area contributed by atoms with Crippen molar-refractivity contribution in [3.8, 4) is 0 Å². The summed E-state index contributed by atoms with van der Waals surface area (Å²) in [5, 5.41) is 17.1. The maximum atomic E-state index is 12.7. The Kier molecular flexibility index (Phi) is 9.61. The number of esters is 1. The molecule has 0 unspecified atom stereocenters. The van der Waals surface area contributed by atoms with Gasteiger partial charge in [0.1, 0.15) is 0 Å². The number of nitro benzene ring substituents is 1. The first-order valence-corrected chi connectivity index (χ1v) is 11.7. The Hall–Kier alpha value is -2.76. The molecule has 1 aromatic carbocycles. The lowest BCUT2D eigenvalue weighted by molar-refractivity contribution is -0.384. The van der Waals surface area contributed by atoms with Crippen molar-refractivity contribution in [1.82, 2.24) is 10.2 Å². The van der Waals surface area contributed by atoms with Gasteiger partial charge in [-0.1, -0.05) is 19.3 Å². The van der Waals surface area contributed by atoms with Crippen molar-refractivity contribution < 1.29 is 28.7 Å². The molecule has 34 heavy (non-hydrogen) atoms. The van der Waals surface area contributed by atoms with Crippen LogP contribution in [0.25, 0.3) is 0 Å². The van der Waals surface area contributed by atoms with Gasteiger partial charge in [0.25, 0.3) is 11.6 Å². The third-order valence-corrected chi connectivity index (χ3v) is 6.47. The smallest absolute Gasteiger partial charge is 0.341 e. The number of non-ortho nitro benzene ring substituents is 1. The van der Waals surface area contributed by atoms with E-state index in [1.165, 1.54) is 18.6 Å². The average molecular weight is 479 g/mol. The van der Waals surface area contributed by atoms with Gasteiger partial charge in [-0.15, -0.1) is 0 Å². The number of carbonyl (C=O) groups is 2. The number of rotatable bonds is 11. The zero-order valence-corrected chi connectivity index (χ0v) is 19.7. The first-order chi connectivity index (χ1) is 16.4. The molecule has 1 heterocycles. The van der Waals surface area contributed by atoms with Crippen LogP contribution in [0.15, 0.2) is 18.2 Å². The summed E-state index contributed by atoms with van der Waals surface area (Å²) in [5.41, 5.74) is 0.0374. The Morgan fingerprint density at radius 2 is 1.94 bits per heavy atom. The van der Waals surface area contributed by atoms with Crippen LogP contribution in [-0.2, 0) is 19.0 Å². The number of morpholine rings is 1. The number of amides is 1. The molecule has 0 spiro atoms. The summed E-state index contributed by atoms with van der Waals surface area (Å²) in [5.74, 6) is -1.20. The number of ether oxygens (including phenoxy) is 3. The predicted octanol–water partition coefficient (Wildman–Crippen LogP) is 1.96. The standard InChI is InChI=1S/C23H34N4O7/c1-32-12-9-24-20-6-5-18(27(30)31)15-19(20)22(29)34-16-21(28)25-17-23(7-3-2-4-8-23)26-10-13-33-14-11-26/h5-6,15,24H,2-4,7-14,16-17H2,1H3,(H,25,28). The van der Waals surface area contributed by atoms with Crippen molar-refractivity contribution in [2.75, 3.05) is 65.0 Å². The van der Waals surface area contributed by atoms with Crippen LogP contribution in [0.3, 0.4) is 0 Å². The van der Waals surface area contributed by atoms with Crippen molar-refractivity contribution in [2.45, 2.75) is 37.6 Å². The molecule has 2 N–H and O–H groups in total. The van der Waals surface area contributed by atoms with E-state index in [0.29, 0.717) is 38.6 Å². The molecule has 1 aliphatic heterocycles. The summed E-state index contributed by atoms with van der Waals surface area (Å²) in [6, 6.07) is 3.89. The number of carbonyl (C=O) groups excluding carboxylic acids is 2. The Morgan fingerprint density at radius 3 is 2.62 bits per heavy atom.